The van der Waals surface area contributed by atoms with Gasteiger partial charge in [0.2, 0.25) is 10.0 Å². The minimum Gasteiger partial charge on any atom is -0.506 e. The number of hydrogen-bond donors (Lipinski definition) is 4. The molecule has 0 saturated carbocycles. The number of carbonyl (C=O) groups is 1. The summed E-state index contributed by atoms with van der Waals surface area (Å²) in [5, 5.41) is 32.1. The van der Waals surface area contributed by atoms with Crippen molar-refractivity contribution in [1.82, 2.24) is 14.2 Å². The number of aliphatic hydroxyl groups is 1. The Hall–Kier alpha value is -3.72. The zero-order chi connectivity index (χ0) is 32.9. The van der Waals surface area contributed by atoms with Crippen LogP contribution in [0.25, 0.3) is 0 Å². The van der Waals surface area contributed by atoms with E-state index in [0.717, 1.165) is 39.2 Å². The number of aromatic hydroxyl groups is 1. The topological polar surface area (TPSA) is 177 Å². The molecule has 0 aliphatic carbocycles. The molecule has 0 aliphatic rings. The van der Waals surface area contributed by atoms with Gasteiger partial charge >= 0.3 is 6.09 Å². The van der Waals surface area contributed by atoms with E-state index in [1.807, 2.05) is 6.07 Å². The second kappa shape index (κ2) is 13.9. The van der Waals surface area contributed by atoms with Gasteiger partial charge in [0, 0.05) is 31.0 Å². The highest BCUT2D eigenvalue weighted by Gasteiger charge is 2.39. The number of aromatic nitrogens is 1. The van der Waals surface area contributed by atoms with Gasteiger partial charge in [-0.15, -0.1) is 0 Å². The molecule has 1 aromatic heterocycles. The van der Waals surface area contributed by atoms with Crippen LogP contribution in [0.1, 0.15) is 40.2 Å². The fourth-order valence-corrected chi connectivity index (χ4v) is 7.48. The van der Waals surface area contributed by atoms with Gasteiger partial charge in [0.25, 0.3) is 10.0 Å². The summed E-state index contributed by atoms with van der Waals surface area (Å²) in [5.74, 6) is -0.694. The molecule has 2 atom stereocenters. The van der Waals surface area contributed by atoms with Crippen molar-refractivity contribution in [2.45, 2.75) is 68.5 Å². The van der Waals surface area contributed by atoms with E-state index in [1.54, 1.807) is 58.9 Å². The molecule has 0 spiro atoms. The van der Waals surface area contributed by atoms with Crippen LogP contribution in [0.5, 0.6) is 5.75 Å². The number of nitrogens with zero attached hydrogens (tertiary/aromatic N) is 3. The first-order chi connectivity index (χ1) is 20.4. The molecule has 0 saturated heterocycles. The number of aliphatic hydroxyl groups excluding tert-OH is 1. The Labute approximate surface area is 259 Å². The molecule has 4 N–H and O–H groups in total. The smallest absolute Gasteiger partial charge is 0.408 e. The van der Waals surface area contributed by atoms with E-state index in [9.17, 15) is 36.9 Å². The third-order valence-corrected chi connectivity index (χ3v) is 9.92. The Balaban J connectivity index is 2.01. The van der Waals surface area contributed by atoms with Gasteiger partial charge in [-0.25, -0.2) is 21.6 Å². The van der Waals surface area contributed by atoms with Crippen molar-refractivity contribution in [3.05, 3.63) is 78.6 Å². The van der Waals surface area contributed by atoms with Crippen molar-refractivity contribution >= 4 is 31.8 Å². The van der Waals surface area contributed by atoms with Crippen LogP contribution in [0.3, 0.4) is 0 Å². The summed E-state index contributed by atoms with van der Waals surface area (Å²) in [7, 11) is -8.60. The van der Waals surface area contributed by atoms with E-state index in [1.165, 1.54) is 18.3 Å². The molecule has 240 valence electrons. The van der Waals surface area contributed by atoms with Gasteiger partial charge < -0.3 is 15.3 Å². The molecule has 0 radical (unpaired) electrons. The summed E-state index contributed by atoms with van der Waals surface area (Å²) in [6.45, 7) is 8.18. The molecule has 2 aromatic carbocycles. The lowest BCUT2D eigenvalue weighted by atomic mass is 9.94. The molecule has 0 unspecified atom stereocenters. The van der Waals surface area contributed by atoms with Crippen LogP contribution in [0, 0.1) is 5.92 Å². The van der Waals surface area contributed by atoms with Crippen molar-refractivity contribution in [3.63, 3.8) is 0 Å². The van der Waals surface area contributed by atoms with Gasteiger partial charge in [0.1, 0.15) is 10.6 Å². The van der Waals surface area contributed by atoms with Crippen molar-refractivity contribution < 1.29 is 36.9 Å². The number of sulfonamides is 2. The van der Waals surface area contributed by atoms with Gasteiger partial charge in [-0.2, -0.15) is 4.31 Å². The van der Waals surface area contributed by atoms with Crippen molar-refractivity contribution in [2.24, 2.45) is 5.92 Å². The van der Waals surface area contributed by atoms with E-state index < -0.39 is 56.1 Å². The lowest BCUT2D eigenvalue weighted by Crippen LogP contribution is -2.58. The molecule has 44 heavy (non-hydrogen) atoms. The number of phenolic OH excluding ortho intramolecular Hbond substituents is 1. The molecule has 0 fully saturated rings. The molecule has 3 rings (SSSR count). The van der Waals surface area contributed by atoms with E-state index in [4.69, 9.17) is 0 Å². The molecule has 0 bridgehead atoms. The van der Waals surface area contributed by atoms with E-state index in [-0.39, 0.29) is 34.4 Å². The molecule has 3 aromatic rings. The van der Waals surface area contributed by atoms with Crippen LogP contribution >= 0.6 is 0 Å². The van der Waals surface area contributed by atoms with Crippen LogP contribution in [0.2, 0.25) is 0 Å². The van der Waals surface area contributed by atoms with Gasteiger partial charge in [0.05, 0.1) is 22.7 Å². The quantitative estimate of drug-likeness (QED) is 0.200. The highest BCUT2D eigenvalue weighted by molar-refractivity contribution is 7.92. The van der Waals surface area contributed by atoms with Gasteiger partial charge in [0.15, 0.2) is 0 Å². The first-order valence-corrected chi connectivity index (χ1v) is 16.9. The maximum Gasteiger partial charge on any atom is 0.408 e. The first-order valence-electron chi connectivity index (χ1n) is 13.9. The summed E-state index contributed by atoms with van der Waals surface area (Å²) in [4.78, 5) is 16.8. The Morgan fingerprint density at radius 1 is 0.955 bits per heavy atom. The fraction of sp³-hybridized carbons (Fsp3) is 0.400. The Kier molecular flexibility index (Phi) is 11.0. The lowest BCUT2D eigenvalue weighted by molar-refractivity contribution is 0.000539. The van der Waals surface area contributed by atoms with E-state index in [2.05, 4.69) is 9.71 Å². The van der Waals surface area contributed by atoms with Gasteiger partial charge in [-0.3, -0.25) is 14.6 Å². The number of benzene rings is 2. The SMILES string of the molecule is CC(C)CN(C[C@@H](O)[C@H](Cc1ccccc1)N(C(=O)O)C(C)(C)C)S(=O)(=O)c1ccc(O)c(NS(=O)(=O)c2cccnc2)c1. The number of nitrogens with one attached hydrogen (secondary N) is 1. The standard InChI is InChI=1S/C30H40N4O8S2/c1-21(2)19-33(20-28(36)26(16-22-10-7-6-8-11-22)34(29(37)38)30(3,4)5)44(41,42)23-13-14-27(35)25(17-23)32-43(39,40)24-12-9-15-31-18-24/h6-15,17-18,21,26,28,32,35-36H,16,19-20H2,1-5H3,(H,37,38)/t26-,28+/m0/s1. The molecule has 1 heterocycles. The summed E-state index contributed by atoms with van der Waals surface area (Å²) in [6.07, 6.45) is -0.0845. The fourth-order valence-electron chi connectivity index (χ4n) is 4.81. The molecule has 0 aliphatic heterocycles. The number of anilines is 1. The van der Waals surface area contributed by atoms with Crippen LogP contribution in [-0.4, -0.2) is 83.2 Å². The predicted molar refractivity (Wildman–Crippen MR) is 166 cm³/mol. The normalized spacial score (nSPS) is 13.9. The third kappa shape index (κ3) is 8.68. The number of rotatable bonds is 13. The number of pyridine rings is 1. The third-order valence-electron chi connectivity index (χ3n) is 6.75. The van der Waals surface area contributed by atoms with Crippen LogP contribution < -0.4 is 4.72 Å². The zero-order valence-electron chi connectivity index (χ0n) is 25.3. The minimum atomic E-state index is -4.39. The van der Waals surface area contributed by atoms with Gasteiger partial charge in [-0.1, -0.05) is 44.2 Å². The lowest BCUT2D eigenvalue weighted by Gasteiger charge is -2.42. The first kappa shape index (κ1) is 34.8. The molecule has 14 heteroatoms. The Bertz CT molecular complexity index is 1630. The number of hydrogen-bond acceptors (Lipinski definition) is 8. The zero-order valence-corrected chi connectivity index (χ0v) is 27.0. The highest BCUT2D eigenvalue weighted by Crippen LogP contribution is 2.31. The average molecular weight is 649 g/mol. The summed E-state index contributed by atoms with van der Waals surface area (Å²) < 4.78 is 57.0. The summed E-state index contributed by atoms with van der Waals surface area (Å²) >= 11 is 0. The Morgan fingerprint density at radius 3 is 2.16 bits per heavy atom. The molecule has 1 amide bonds. The average Bonchev–Trinajstić information content (AvgIpc) is 2.93. The van der Waals surface area contributed by atoms with Crippen molar-refractivity contribution in [1.29, 1.82) is 0 Å². The monoisotopic (exact) mass is 648 g/mol. The second-order valence-electron chi connectivity index (χ2n) is 11.8. The van der Waals surface area contributed by atoms with Crippen molar-refractivity contribution in [3.8, 4) is 5.75 Å². The summed E-state index contributed by atoms with van der Waals surface area (Å²) in [5.41, 5.74) is -0.535. The predicted octanol–water partition coefficient (Wildman–Crippen LogP) is 3.99. The highest BCUT2D eigenvalue weighted by atomic mass is 32.2. The van der Waals surface area contributed by atoms with Crippen LogP contribution in [-0.2, 0) is 26.5 Å². The number of amides is 1. The maximum absolute atomic E-state index is 14.0. The Morgan fingerprint density at radius 2 is 1.61 bits per heavy atom. The van der Waals surface area contributed by atoms with E-state index >= 15 is 0 Å². The molecular formula is C30H40N4O8S2. The minimum absolute atomic E-state index is 0.0301. The van der Waals surface area contributed by atoms with Gasteiger partial charge in [-0.05, 0) is 69.0 Å². The largest absolute Gasteiger partial charge is 0.506 e. The number of carboxylic acid groups (broad SMARTS) is 1. The summed E-state index contributed by atoms with van der Waals surface area (Å²) in [6, 6.07) is 13.9. The van der Waals surface area contributed by atoms with Crippen molar-refractivity contribution in [2.75, 3.05) is 17.8 Å². The second-order valence-corrected chi connectivity index (χ2v) is 15.5. The van der Waals surface area contributed by atoms with Crippen LogP contribution in [0.4, 0.5) is 10.5 Å². The maximum atomic E-state index is 14.0. The number of phenols is 1. The van der Waals surface area contributed by atoms with E-state index in [0.29, 0.717) is 0 Å². The molecular weight excluding hydrogens is 608 g/mol. The van der Waals surface area contributed by atoms with Crippen LogP contribution in [0.15, 0.2) is 82.8 Å². The molecule has 12 nitrogen and oxygen atoms in total.